The van der Waals surface area contributed by atoms with Gasteiger partial charge in [0.1, 0.15) is 22.0 Å². The SMILES string of the molecule is Cn1cc(NC(=O)c2cccc(-c3ccnc(NCC4CC4)c3)n2)c(C(=O)NCc2nncs2)n1. The molecule has 0 unspecified atom stereocenters. The maximum absolute atomic E-state index is 13.0. The van der Waals surface area contributed by atoms with Gasteiger partial charge in [0, 0.05) is 31.5 Å². The van der Waals surface area contributed by atoms with Gasteiger partial charge in [0.15, 0.2) is 5.69 Å². The van der Waals surface area contributed by atoms with Crippen molar-refractivity contribution in [3.63, 3.8) is 0 Å². The predicted molar refractivity (Wildman–Crippen MR) is 131 cm³/mol. The molecule has 3 N–H and O–H groups in total. The van der Waals surface area contributed by atoms with Crippen LogP contribution in [0.15, 0.2) is 48.2 Å². The summed E-state index contributed by atoms with van der Waals surface area (Å²) in [5.74, 6) is 0.639. The Balaban J connectivity index is 1.29. The number of nitrogens with zero attached hydrogens (tertiary/aromatic N) is 6. The van der Waals surface area contributed by atoms with E-state index in [1.807, 2.05) is 18.2 Å². The van der Waals surface area contributed by atoms with Crippen LogP contribution in [0, 0.1) is 5.92 Å². The molecule has 4 aromatic heterocycles. The minimum Gasteiger partial charge on any atom is -0.370 e. The second-order valence-electron chi connectivity index (χ2n) is 8.20. The highest BCUT2D eigenvalue weighted by Gasteiger charge is 2.21. The summed E-state index contributed by atoms with van der Waals surface area (Å²) < 4.78 is 1.46. The Morgan fingerprint density at radius 1 is 1.20 bits per heavy atom. The van der Waals surface area contributed by atoms with Crippen molar-refractivity contribution in [2.24, 2.45) is 13.0 Å². The molecule has 4 heterocycles. The van der Waals surface area contributed by atoms with Gasteiger partial charge in [-0.25, -0.2) is 9.97 Å². The quantitative estimate of drug-likeness (QED) is 0.326. The molecule has 12 heteroatoms. The van der Waals surface area contributed by atoms with E-state index in [4.69, 9.17) is 0 Å². The Kier molecular flexibility index (Phi) is 6.44. The van der Waals surface area contributed by atoms with Crippen LogP contribution in [0.1, 0.15) is 38.8 Å². The van der Waals surface area contributed by atoms with Gasteiger partial charge in [-0.05, 0) is 43.0 Å². The molecule has 0 atom stereocenters. The minimum atomic E-state index is -0.445. The Morgan fingerprint density at radius 2 is 2.09 bits per heavy atom. The fourth-order valence-electron chi connectivity index (χ4n) is 3.43. The third-order valence-corrected chi connectivity index (χ3v) is 6.10. The van der Waals surface area contributed by atoms with Gasteiger partial charge in [-0.15, -0.1) is 21.5 Å². The van der Waals surface area contributed by atoms with E-state index in [2.05, 4.69) is 41.2 Å². The fourth-order valence-corrected chi connectivity index (χ4v) is 3.89. The molecule has 0 aromatic carbocycles. The van der Waals surface area contributed by atoms with Crippen molar-refractivity contribution >= 4 is 34.7 Å². The summed E-state index contributed by atoms with van der Waals surface area (Å²) in [4.78, 5) is 34.5. The van der Waals surface area contributed by atoms with E-state index in [1.54, 1.807) is 37.1 Å². The smallest absolute Gasteiger partial charge is 0.274 e. The van der Waals surface area contributed by atoms with Crippen molar-refractivity contribution in [3.05, 3.63) is 64.6 Å². The van der Waals surface area contributed by atoms with Gasteiger partial charge in [-0.3, -0.25) is 14.3 Å². The average molecular weight is 490 g/mol. The van der Waals surface area contributed by atoms with E-state index < -0.39 is 11.8 Å². The third-order valence-electron chi connectivity index (χ3n) is 5.40. The van der Waals surface area contributed by atoms with E-state index in [9.17, 15) is 9.59 Å². The first kappa shape index (κ1) is 22.6. The molecule has 2 amide bonds. The van der Waals surface area contributed by atoms with Gasteiger partial charge < -0.3 is 16.0 Å². The van der Waals surface area contributed by atoms with Crippen molar-refractivity contribution in [1.82, 2.24) is 35.3 Å². The molecule has 178 valence electrons. The first-order valence-corrected chi connectivity index (χ1v) is 12.0. The van der Waals surface area contributed by atoms with Crippen molar-refractivity contribution in [1.29, 1.82) is 0 Å². The summed E-state index contributed by atoms with van der Waals surface area (Å²) >= 11 is 1.34. The summed E-state index contributed by atoms with van der Waals surface area (Å²) in [6.07, 6.45) is 5.81. The van der Waals surface area contributed by atoms with Crippen molar-refractivity contribution in [3.8, 4) is 11.3 Å². The number of rotatable bonds is 9. The van der Waals surface area contributed by atoms with Crippen LogP contribution in [0.5, 0.6) is 0 Å². The van der Waals surface area contributed by atoms with E-state index >= 15 is 0 Å². The lowest BCUT2D eigenvalue weighted by Gasteiger charge is -2.09. The molecular formula is C23H23N9O2S. The van der Waals surface area contributed by atoms with Crippen molar-refractivity contribution < 1.29 is 9.59 Å². The molecule has 1 fully saturated rings. The molecule has 0 aliphatic heterocycles. The number of hydrogen-bond donors (Lipinski definition) is 3. The molecule has 35 heavy (non-hydrogen) atoms. The molecule has 1 aliphatic carbocycles. The normalized spacial score (nSPS) is 12.8. The van der Waals surface area contributed by atoms with Gasteiger partial charge in [0.2, 0.25) is 0 Å². The summed E-state index contributed by atoms with van der Waals surface area (Å²) in [5, 5.41) is 21.4. The number of anilines is 2. The van der Waals surface area contributed by atoms with Crippen LogP contribution in [0.2, 0.25) is 0 Å². The van der Waals surface area contributed by atoms with Gasteiger partial charge in [-0.2, -0.15) is 5.10 Å². The van der Waals surface area contributed by atoms with Crippen LogP contribution in [0.4, 0.5) is 11.5 Å². The topological polar surface area (TPSA) is 140 Å². The number of nitrogens with one attached hydrogen (secondary N) is 3. The minimum absolute atomic E-state index is 0.0991. The number of carbonyl (C=O) groups excluding carboxylic acids is 2. The predicted octanol–water partition coefficient (Wildman–Crippen LogP) is 2.73. The third kappa shape index (κ3) is 5.66. The summed E-state index contributed by atoms with van der Waals surface area (Å²) in [7, 11) is 1.67. The molecule has 1 aliphatic rings. The molecule has 0 saturated heterocycles. The van der Waals surface area contributed by atoms with Gasteiger partial charge in [-0.1, -0.05) is 6.07 Å². The molecular weight excluding hydrogens is 466 g/mol. The van der Waals surface area contributed by atoms with Crippen molar-refractivity contribution in [2.75, 3.05) is 17.2 Å². The zero-order valence-corrected chi connectivity index (χ0v) is 19.7. The number of aryl methyl sites for hydroxylation is 1. The zero-order chi connectivity index (χ0) is 24.2. The number of hydrogen-bond acceptors (Lipinski definition) is 9. The molecule has 5 rings (SSSR count). The van der Waals surface area contributed by atoms with Crippen molar-refractivity contribution in [2.45, 2.75) is 19.4 Å². The zero-order valence-electron chi connectivity index (χ0n) is 18.9. The lowest BCUT2D eigenvalue weighted by Crippen LogP contribution is -2.25. The van der Waals surface area contributed by atoms with Gasteiger partial charge in [0.05, 0.1) is 17.9 Å². The number of carbonyl (C=O) groups is 2. The highest BCUT2D eigenvalue weighted by atomic mass is 32.1. The van der Waals surface area contributed by atoms with E-state index in [-0.39, 0.29) is 23.6 Å². The molecule has 4 aromatic rings. The van der Waals surface area contributed by atoms with Crippen LogP contribution in [-0.2, 0) is 13.6 Å². The second kappa shape index (κ2) is 9.97. The van der Waals surface area contributed by atoms with E-state index in [1.165, 1.54) is 28.9 Å². The summed E-state index contributed by atoms with van der Waals surface area (Å²) in [6, 6.07) is 9.01. The first-order valence-electron chi connectivity index (χ1n) is 11.1. The van der Waals surface area contributed by atoms with Crippen LogP contribution in [0.3, 0.4) is 0 Å². The standard InChI is InChI=1S/C23H23N9O2S/c1-32-12-18(21(31-32)23(34)26-11-20-30-27-13-35-20)29-22(33)17-4-2-3-16(28-17)15-7-8-24-19(9-15)25-10-14-5-6-14/h2-4,7-9,12-14H,5-6,10-11H2,1H3,(H,24,25)(H,26,34)(H,29,33). The molecule has 0 spiro atoms. The number of aromatic nitrogens is 6. The maximum atomic E-state index is 13.0. The lowest BCUT2D eigenvalue weighted by atomic mass is 10.1. The molecule has 1 saturated carbocycles. The highest BCUT2D eigenvalue weighted by Crippen LogP contribution is 2.29. The van der Waals surface area contributed by atoms with Gasteiger partial charge >= 0.3 is 0 Å². The summed E-state index contributed by atoms with van der Waals surface area (Å²) in [6.45, 7) is 1.13. The fraction of sp³-hybridized carbons (Fsp3) is 0.261. The van der Waals surface area contributed by atoms with Gasteiger partial charge in [0.25, 0.3) is 11.8 Å². The molecule has 0 radical (unpaired) electrons. The van der Waals surface area contributed by atoms with Crippen LogP contribution < -0.4 is 16.0 Å². The first-order chi connectivity index (χ1) is 17.0. The second-order valence-corrected chi connectivity index (χ2v) is 9.11. The number of pyridine rings is 2. The monoisotopic (exact) mass is 489 g/mol. The lowest BCUT2D eigenvalue weighted by molar-refractivity contribution is 0.0946. The van der Waals surface area contributed by atoms with Crippen LogP contribution in [0.25, 0.3) is 11.3 Å². The Bertz CT molecular complexity index is 1350. The molecule has 0 bridgehead atoms. The highest BCUT2D eigenvalue weighted by molar-refractivity contribution is 7.09. The Morgan fingerprint density at radius 3 is 2.89 bits per heavy atom. The number of amides is 2. The van der Waals surface area contributed by atoms with E-state index in [0.29, 0.717) is 10.7 Å². The molecule has 11 nitrogen and oxygen atoms in total. The Hall–Kier alpha value is -4.19. The maximum Gasteiger partial charge on any atom is 0.274 e. The Labute approximate surface area is 205 Å². The van der Waals surface area contributed by atoms with Crippen LogP contribution in [-0.4, -0.2) is 48.3 Å². The van der Waals surface area contributed by atoms with E-state index in [0.717, 1.165) is 23.8 Å². The summed E-state index contributed by atoms with van der Waals surface area (Å²) in [5.41, 5.74) is 3.70. The average Bonchev–Trinajstić information content (AvgIpc) is 3.42. The van der Waals surface area contributed by atoms with Crippen LogP contribution >= 0.6 is 11.3 Å². The largest absolute Gasteiger partial charge is 0.370 e.